The van der Waals surface area contributed by atoms with Crippen LogP contribution in [0.5, 0.6) is 0 Å². The number of amides is 1. The Bertz CT molecular complexity index is 648. The van der Waals surface area contributed by atoms with Crippen molar-refractivity contribution in [1.29, 1.82) is 0 Å². The molecule has 0 aromatic carbocycles. The number of aliphatic carboxylic acids is 1. The molecule has 0 spiro atoms. The predicted octanol–water partition coefficient (Wildman–Crippen LogP) is 2.07. The van der Waals surface area contributed by atoms with Crippen molar-refractivity contribution in [3.8, 4) is 0 Å². The summed E-state index contributed by atoms with van der Waals surface area (Å²) in [6, 6.07) is 5.20. The van der Waals surface area contributed by atoms with Gasteiger partial charge in [0.1, 0.15) is 5.52 Å². The molecule has 6 heteroatoms. The highest BCUT2D eigenvalue weighted by atomic mass is 16.4. The summed E-state index contributed by atoms with van der Waals surface area (Å²) in [5.74, 6) is -0.920. The number of hydrogen-bond donors (Lipinski definition) is 1. The molecule has 0 aliphatic rings. The van der Waals surface area contributed by atoms with E-state index in [1.807, 2.05) is 13.0 Å². The van der Waals surface area contributed by atoms with Crippen LogP contribution in [-0.2, 0) is 4.79 Å². The van der Waals surface area contributed by atoms with Crippen LogP contribution in [-0.4, -0.2) is 40.5 Å². The maximum absolute atomic E-state index is 12.1. The minimum absolute atomic E-state index is 0.0402. The normalized spacial score (nSPS) is 10.7. The van der Waals surface area contributed by atoms with Crippen molar-refractivity contribution in [3.05, 3.63) is 29.7 Å². The number of pyridine rings is 1. The monoisotopic (exact) mass is 276 g/mol. The lowest BCUT2D eigenvalue weighted by molar-refractivity contribution is -0.137. The zero-order valence-corrected chi connectivity index (χ0v) is 11.4. The van der Waals surface area contributed by atoms with E-state index >= 15 is 0 Å². The number of hydrogen-bond acceptors (Lipinski definition) is 4. The molecule has 20 heavy (non-hydrogen) atoms. The van der Waals surface area contributed by atoms with Crippen LogP contribution in [0.15, 0.2) is 22.6 Å². The molecule has 2 aromatic heterocycles. The summed E-state index contributed by atoms with van der Waals surface area (Å²) in [5.41, 5.74) is 2.07. The van der Waals surface area contributed by atoms with Crippen LogP contribution in [0, 0.1) is 6.92 Å². The maximum atomic E-state index is 12.1. The first kappa shape index (κ1) is 14.0. The smallest absolute Gasteiger partial charge is 0.303 e. The van der Waals surface area contributed by atoms with Crippen LogP contribution in [0.4, 0.5) is 0 Å². The lowest BCUT2D eigenvalue weighted by Gasteiger charge is -2.14. The molecule has 2 heterocycles. The summed E-state index contributed by atoms with van der Waals surface area (Å²) < 4.78 is 5.46. The van der Waals surface area contributed by atoms with Gasteiger partial charge in [0.2, 0.25) is 0 Å². The van der Waals surface area contributed by atoms with E-state index in [2.05, 4.69) is 4.98 Å². The van der Waals surface area contributed by atoms with Gasteiger partial charge in [-0.3, -0.25) is 9.59 Å². The van der Waals surface area contributed by atoms with Crippen molar-refractivity contribution in [2.75, 3.05) is 13.6 Å². The fourth-order valence-corrected chi connectivity index (χ4v) is 1.89. The molecule has 0 atom stereocenters. The number of rotatable bonds is 5. The first-order chi connectivity index (χ1) is 9.47. The topological polar surface area (TPSA) is 83.6 Å². The van der Waals surface area contributed by atoms with Gasteiger partial charge in [-0.05, 0) is 25.5 Å². The van der Waals surface area contributed by atoms with Crippen molar-refractivity contribution in [1.82, 2.24) is 9.88 Å². The van der Waals surface area contributed by atoms with E-state index in [1.165, 1.54) is 4.90 Å². The number of carbonyl (C=O) groups excluding carboxylic acids is 1. The maximum Gasteiger partial charge on any atom is 0.303 e. The fraction of sp³-hybridized carbons (Fsp3) is 0.357. The van der Waals surface area contributed by atoms with Gasteiger partial charge in [0, 0.05) is 31.8 Å². The molecule has 106 valence electrons. The zero-order valence-electron chi connectivity index (χ0n) is 11.4. The largest absolute Gasteiger partial charge is 0.481 e. The third-order valence-electron chi connectivity index (χ3n) is 2.95. The minimum atomic E-state index is -0.866. The second-order valence-corrected chi connectivity index (χ2v) is 4.67. The lowest BCUT2D eigenvalue weighted by atomic mass is 10.3. The van der Waals surface area contributed by atoms with Crippen LogP contribution in [0.1, 0.15) is 29.1 Å². The van der Waals surface area contributed by atoms with Gasteiger partial charge in [-0.2, -0.15) is 0 Å². The summed E-state index contributed by atoms with van der Waals surface area (Å²) in [6.07, 6.45) is 0.452. The van der Waals surface area contributed by atoms with Gasteiger partial charge in [-0.1, -0.05) is 0 Å². The van der Waals surface area contributed by atoms with Crippen molar-refractivity contribution < 1.29 is 19.1 Å². The molecule has 0 radical (unpaired) electrons. The molecule has 1 amide bonds. The van der Waals surface area contributed by atoms with Crippen molar-refractivity contribution in [2.45, 2.75) is 19.8 Å². The predicted molar refractivity (Wildman–Crippen MR) is 72.6 cm³/mol. The van der Waals surface area contributed by atoms with Crippen LogP contribution in [0.2, 0.25) is 0 Å². The number of carboxylic acids is 1. The van der Waals surface area contributed by atoms with Gasteiger partial charge in [0.15, 0.2) is 11.3 Å². The number of carboxylic acid groups (broad SMARTS) is 1. The van der Waals surface area contributed by atoms with E-state index in [-0.39, 0.29) is 18.1 Å². The molecular weight excluding hydrogens is 260 g/mol. The molecule has 0 bridgehead atoms. The van der Waals surface area contributed by atoms with E-state index < -0.39 is 5.97 Å². The highest BCUT2D eigenvalue weighted by Crippen LogP contribution is 2.19. The van der Waals surface area contributed by atoms with Gasteiger partial charge in [0.05, 0.1) is 0 Å². The molecular formula is C14H16N2O4. The first-order valence-electron chi connectivity index (χ1n) is 6.32. The van der Waals surface area contributed by atoms with Crippen LogP contribution < -0.4 is 0 Å². The fourth-order valence-electron chi connectivity index (χ4n) is 1.89. The van der Waals surface area contributed by atoms with Gasteiger partial charge in [-0.15, -0.1) is 0 Å². The molecule has 0 saturated heterocycles. The third kappa shape index (κ3) is 3.14. The number of nitrogens with zero attached hydrogens (tertiary/aromatic N) is 2. The van der Waals surface area contributed by atoms with Gasteiger partial charge < -0.3 is 14.4 Å². The van der Waals surface area contributed by atoms with E-state index in [1.54, 1.807) is 19.2 Å². The van der Waals surface area contributed by atoms with Crippen LogP contribution >= 0.6 is 0 Å². The van der Waals surface area contributed by atoms with Gasteiger partial charge in [-0.25, -0.2) is 4.98 Å². The molecule has 0 aliphatic carbocycles. The molecule has 0 aliphatic heterocycles. The van der Waals surface area contributed by atoms with Crippen LogP contribution in [0.3, 0.4) is 0 Å². The van der Waals surface area contributed by atoms with E-state index in [9.17, 15) is 9.59 Å². The molecule has 0 fully saturated rings. The van der Waals surface area contributed by atoms with Gasteiger partial charge in [0.25, 0.3) is 5.91 Å². The van der Waals surface area contributed by atoms with Crippen molar-refractivity contribution >= 4 is 23.0 Å². The Morgan fingerprint density at radius 1 is 1.40 bits per heavy atom. The average molecular weight is 276 g/mol. The highest BCUT2D eigenvalue weighted by Gasteiger charge is 2.17. The average Bonchev–Trinajstić information content (AvgIpc) is 2.80. The molecule has 6 nitrogen and oxygen atoms in total. The second kappa shape index (κ2) is 5.73. The third-order valence-corrected chi connectivity index (χ3v) is 2.95. The lowest BCUT2D eigenvalue weighted by Crippen LogP contribution is -2.27. The quantitative estimate of drug-likeness (QED) is 0.903. The molecule has 0 unspecified atom stereocenters. The van der Waals surface area contributed by atoms with Crippen molar-refractivity contribution in [3.63, 3.8) is 0 Å². The standard InChI is InChI=1S/C14H16N2O4/c1-9-5-6-11-10(15-9)8-12(20-11)14(19)16(2)7-3-4-13(17)18/h5-6,8H,3-4,7H2,1-2H3,(H,17,18). The minimum Gasteiger partial charge on any atom is -0.481 e. The second-order valence-electron chi connectivity index (χ2n) is 4.67. The van der Waals surface area contributed by atoms with Crippen molar-refractivity contribution in [2.24, 2.45) is 0 Å². The summed E-state index contributed by atoms with van der Waals surface area (Å²) in [5, 5.41) is 8.57. The Morgan fingerprint density at radius 2 is 2.15 bits per heavy atom. The summed E-state index contributed by atoms with van der Waals surface area (Å²) in [7, 11) is 1.62. The summed E-state index contributed by atoms with van der Waals surface area (Å²) in [4.78, 5) is 28.3. The van der Waals surface area contributed by atoms with E-state index in [4.69, 9.17) is 9.52 Å². The highest BCUT2D eigenvalue weighted by molar-refractivity contribution is 5.95. The Kier molecular flexibility index (Phi) is 4.02. The number of aryl methyl sites for hydroxylation is 1. The molecule has 2 rings (SSSR count). The first-order valence-corrected chi connectivity index (χ1v) is 6.32. The van der Waals surface area contributed by atoms with E-state index in [0.29, 0.717) is 24.1 Å². The Morgan fingerprint density at radius 3 is 2.85 bits per heavy atom. The SMILES string of the molecule is Cc1ccc2oc(C(=O)N(C)CCCC(=O)O)cc2n1. The number of aromatic nitrogens is 1. The Labute approximate surface area is 116 Å². The number of carbonyl (C=O) groups is 2. The summed E-state index contributed by atoms with van der Waals surface area (Å²) in [6.45, 7) is 2.24. The Balaban J connectivity index is 2.08. The molecule has 1 N–H and O–H groups in total. The van der Waals surface area contributed by atoms with Crippen LogP contribution in [0.25, 0.3) is 11.1 Å². The molecule has 0 saturated carbocycles. The zero-order chi connectivity index (χ0) is 14.7. The Hall–Kier alpha value is -2.37. The summed E-state index contributed by atoms with van der Waals surface area (Å²) >= 11 is 0. The number of furan rings is 1. The number of fused-ring (bicyclic) bond motifs is 1. The molecule has 2 aromatic rings. The van der Waals surface area contributed by atoms with E-state index in [0.717, 1.165) is 5.69 Å². The van der Waals surface area contributed by atoms with Gasteiger partial charge >= 0.3 is 5.97 Å².